The van der Waals surface area contributed by atoms with Crippen molar-refractivity contribution >= 4 is 33.4 Å². The van der Waals surface area contributed by atoms with Crippen LogP contribution in [-0.2, 0) is 0 Å². The summed E-state index contributed by atoms with van der Waals surface area (Å²) >= 11 is 3.44. The van der Waals surface area contributed by atoms with Gasteiger partial charge in [-0.15, -0.1) is 0 Å². The second-order valence-corrected chi connectivity index (χ2v) is 5.93. The number of hydrogen-bond donors (Lipinski definition) is 2. The van der Waals surface area contributed by atoms with Crippen molar-refractivity contribution in [2.75, 3.05) is 17.2 Å². The summed E-state index contributed by atoms with van der Waals surface area (Å²) in [4.78, 5) is 8.68. The zero-order valence-corrected chi connectivity index (χ0v) is 13.3. The van der Waals surface area contributed by atoms with Gasteiger partial charge in [0.25, 0.3) is 0 Å². The SMILES string of the molecule is CC(C)CCNc1ccnc(Nc2cccc(Br)c2)n1. The number of aromatic nitrogens is 2. The lowest BCUT2D eigenvalue weighted by atomic mass is 10.1. The fourth-order valence-electron chi connectivity index (χ4n) is 1.70. The smallest absolute Gasteiger partial charge is 0.229 e. The molecule has 0 atom stereocenters. The summed E-state index contributed by atoms with van der Waals surface area (Å²) in [5.74, 6) is 2.12. The Bertz CT molecular complexity index is 557. The van der Waals surface area contributed by atoms with Gasteiger partial charge >= 0.3 is 0 Å². The van der Waals surface area contributed by atoms with Crippen LogP contribution < -0.4 is 10.6 Å². The number of nitrogens with zero attached hydrogens (tertiary/aromatic N) is 2. The average molecular weight is 335 g/mol. The average Bonchev–Trinajstić information content (AvgIpc) is 2.39. The molecule has 0 aliphatic heterocycles. The first-order chi connectivity index (χ1) is 9.63. The molecule has 1 aromatic carbocycles. The molecule has 0 unspecified atom stereocenters. The minimum atomic E-state index is 0.595. The van der Waals surface area contributed by atoms with Gasteiger partial charge in [0.1, 0.15) is 5.82 Å². The molecule has 106 valence electrons. The van der Waals surface area contributed by atoms with E-state index in [4.69, 9.17) is 0 Å². The molecule has 0 bridgehead atoms. The summed E-state index contributed by atoms with van der Waals surface area (Å²) in [6.07, 6.45) is 2.88. The molecule has 0 amide bonds. The van der Waals surface area contributed by atoms with E-state index in [9.17, 15) is 0 Å². The topological polar surface area (TPSA) is 49.8 Å². The van der Waals surface area contributed by atoms with E-state index in [0.717, 1.165) is 28.9 Å². The summed E-state index contributed by atoms with van der Waals surface area (Å²) in [6.45, 7) is 5.34. The third-order valence-electron chi connectivity index (χ3n) is 2.76. The highest BCUT2D eigenvalue weighted by atomic mass is 79.9. The molecule has 0 fully saturated rings. The highest BCUT2D eigenvalue weighted by molar-refractivity contribution is 9.10. The molecule has 4 nitrogen and oxygen atoms in total. The molecule has 0 aliphatic carbocycles. The molecule has 0 saturated heterocycles. The first-order valence-corrected chi connectivity index (χ1v) is 7.52. The number of halogens is 1. The lowest BCUT2D eigenvalue weighted by molar-refractivity contribution is 0.606. The Labute approximate surface area is 128 Å². The van der Waals surface area contributed by atoms with Crippen LogP contribution in [0.2, 0.25) is 0 Å². The van der Waals surface area contributed by atoms with Gasteiger partial charge in [-0.3, -0.25) is 0 Å². The number of hydrogen-bond acceptors (Lipinski definition) is 4. The van der Waals surface area contributed by atoms with Crippen molar-refractivity contribution in [2.24, 2.45) is 5.92 Å². The van der Waals surface area contributed by atoms with Crippen molar-refractivity contribution < 1.29 is 0 Å². The van der Waals surface area contributed by atoms with Gasteiger partial charge < -0.3 is 10.6 Å². The summed E-state index contributed by atoms with van der Waals surface area (Å²) in [6, 6.07) is 9.80. The first-order valence-electron chi connectivity index (χ1n) is 6.73. The van der Waals surface area contributed by atoms with E-state index in [1.165, 1.54) is 0 Å². The lowest BCUT2D eigenvalue weighted by Gasteiger charge is -2.09. The largest absolute Gasteiger partial charge is 0.370 e. The summed E-state index contributed by atoms with van der Waals surface area (Å²) < 4.78 is 1.02. The lowest BCUT2D eigenvalue weighted by Crippen LogP contribution is -2.07. The fourth-order valence-corrected chi connectivity index (χ4v) is 2.10. The quantitative estimate of drug-likeness (QED) is 0.819. The number of nitrogens with one attached hydrogen (secondary N) is 2. The highest BCUT2D eigenvalue weighted by Crippen LogP contribution is 2.18. The molecule has 20 heavy (non-hydrogen) atoms. The van der Waals surface area contributed by atoms with Crippen molar-refractivity contribution in [1.82, 2.24) is 9.97 Å². The van der Waals surface area contributed by atoms with E-state index in [1.54, 1.807) is 6.20 Å². The zero-order valence-electron chi connectivity index (χ0n) is 11.7. The van der Waals surface area contributed by atoms with Crippen molar-refractivity contribution in [3.8, 4) is 0 Å². The van der Waals surface area contributed by atoms with Gasteiger partial charge in [-0.05, 0) is 36.6 Å². The van der Waals surface area contributed by atoms with Gasteiger partial charge in [-0.1, -0.05) is 35.8 Å². The molecule has 0 saturated carbocycles. The van der Waals surface area contributed by atoms with Crippen molar-refractivity contribution in [1.29, 1.82) is 0 Å². The first kappa shape index (κ1) is 14.8. The second-order valence-electron chi connectivity index (χ2n) is 5.01. The van der Waals surface area contributed by atoms with Crippen LogP contribution in [0, 0.1) is 5.92 Å². The molecule has 1 aromatic heterocycles. The van der Waals surface area contributed by atoms with Crippen LogP contribution in [0.3, 0.4) is 0 Å². The molecular weight excluding hydrogens is 316 g/mol. The summed E-state index contributed by atoms with van der Waals surface area (Å²) in [5.41, 5.74) is 0.957. The number of rotatable bonds is 6. The Morgan fingerprint density at radius 3 is 2.85 bits per heavy atom. The van der Waals surface area contributed by atoms with Crippen LogP contribution in [0.15, 0.2) is 41.0 Å². The van der Waals surface area contributed by atoms with Crippen LogP contribution in [0.1, 0.15) is 20.3 Å². The predicted octanol–water partition coefficient (Wildman–Crippen LogP) is 4.44. The van der Waals surface area contributed by atoms with Crippen LogP contribution in [0.5, 0.6) is 0 Å². The molecule has 0 radical (unpaired) electrons. The summed E-state index contributed by atoms with van der Waals surface area (Å²) in [7, 11) is 0. The van der Waals surface area contributed by atoms with E-state index in [0.29, 0.717) is 11.9 Å². The Morgan fingerprint density at radius 1 is 1.25 bits per heavy atom. The van der Waals surface area contributed by atoms with Gasteiger partial charge in [0.2, 0.25) is 5.95 Å². The van der Waals surface area contributed by atoms with Crippen molar-refractivity contribution in [3.05, 3.63) is 41.0 Å². The predicted molar refractivity (Wildman–Crippen MR) is 87.4 cm³/mol. The normalized spacial score (nSPS) is 10.6. The number of anilines is 3. The van der Waals surface area contributed by atoms with Crippen LogP contribution in [-0.4, -0.2) is 16.5 Å². The Balaban J connectivity index is 1.99. The monoisotopic (exact) mass is 334 g/mol. The van der Waals surface area contributed by atoms with Gasteiger partial charge in [-0.2, -0.15) is 4.98 Å². The highest BCUT2D eigenvalue weighted by Gasteiger charge is 2.01. The van der Waals surface area contributed by atoms with Gasteiger partial charge in [-0.25, -0.2) is 4.98 Å². The van der Waals surface area contributed by atoms with Crippen LogP contribution in [0.25, 0.3) is 0 Å². The van der Waals surface area contributed by atoms with E-state index < -0.39 is 0 Å². The Morgan fingerprint density at radius 2 is 2.10 bits per heavy atom. The maximum atomic E-state index is 4.45. The van der Waals surface area contributed by atoms with E-state index in [-0.39, 0.29) is 0 Å². The van der Waals surface area contributed by atoms with E-state index in [2.05, 4.69) is 50.4 Å². The maximum Gasteiger partial charge on any atom is 0.229 e. The molecule has 0 aliphatic rings. The summed E-state index contributed by atoms with van der Waals surface area (Å²) in [5, 5.41) is 6.51. The van der Waals surface area contributed by atoms with E-state index in [1.807, 2.05) is 30.3 Å². The fraction of sp³-hybridized carbons (Fsp3) is 0.333. The molecular formula is C15H19BrN4. The molecule has 2 rings (SSSR count). The maximum absolute atomic E-state index is 4.45. The van der Waals surface area contributed by atoms with Crippen molar-refractivity contribution in [3.63, 3.8) is 0 Å². The van der Waals surface area contributed by atoms with Gasteiger partial charge in [0, 0.05) is 22.9 Å². The van der Waals surface area contributed by atoms with Gasteiger partial charge in [0.05, 0.1) is 0 Å². The molecule has 2 N–H and O–H groups in total. The molecule has 0 spiro atoms. The molecule has 1 heterocycles. The zero-order chi connectivity index (χ0) is 14.4. The second kappa shape index (κ2) is 7.24. The Hall–Kier alpha value is -1.62. The number of benzene rings is 1. The minimum absolute atomic E-state index is 0.595. The standard InChI is InChI=1S/C15H19BrN4/c1-11(2)6-8-17-14-7-9-18-15(20-14)19-13-5-3-4-12(16)10-13/h3-5,7,9-11H,6,8H2,1-2H3,(H2,17,18,19,20). The van der Waals surface area contributed by atoms with Gasteiger partial charge in [0.15, 0.2) is 0 Å². The van der Waals surface area contributed by atoms with E-state index >= 15 is 0 Å². The molecule has 5 heteroatoms. The van der Waals surface area contributed by atoms with Crippen molar-refractivity contribution in [2.45, 2.75) is 20.3 Å². The minimum Gasteiger partial charge on any atom is -0.370 e. The third-order valence-corrected chi connectivity index (χ3v) is 3.26. The van der Waals surface area contributed by atoms with Crippen LogP contribution in [0.4, 0.5) is 17.5 Å². The molecule has 2 aromatic rings. The Kier molecular flexibility index (Phi) is 5.35. The third kappa shape index (κ3) is 4.81. The van der Waals surface area contributed by atoms with Crippen LogP contribution >= 0.6 is 15.9 Å².